The van der Waals surface area contributed by atoms with Gasteiger partial charge in [-0.15, -0.1) is 0 Å². The number of benzene rings is 1. The molecule has 0 aromatic heterocycles. The topological polar surface area (TPSA) is 61.4 Å². The maximum atomic E-state index is 12.6. The van der Waals surface area contributed by atoms with E-state index in [2.05, 4.69) is 17.6 Å². The fraction of sp³-hybridized carbons (Fsp3) is 0.474. The molecule has 2 aliphatic rings. The molecule has 0 spiro atoms. The van der Waals surface area contributed by atoms with Crippen molar-refractivity contribution in [3.05, 3.63) is 41.6 Å². The summed E-state index contributed by atoms with van der Waals surface area (Å²) in [6.07, 6.45) is 5.91. The molecule has 1 aromatic carbocycles. The van der Waals surface area contributed by atoms with Crippen LogP contribution >= 0.6 is 0 Å². The molecule has 2 heterocycles. The van der Waals surface area contributed by atoms with Gasteiger partial charge in [0.2, 0.25) is 11.8 Å². The lowest BCUT2D eigenvalue weighted by atomic mass is 9.93. The Labute approximate surface area is 143 Å². The molecule has 5 heteroatoms. The van der Waals surface area contributed by atoms with E-state index in [9.17, 15) is 9.59 Å². The molecule has 3 rings (SSSR count). The first kappa shape index (κ1) is 16.7. The summed E-state index contributed by atoms with van der Waals surface area (Å²) in [5.41, 5.74) is 2.10. The maximum absolute atomic E-state index is 12.6. The molecule has 24 heavy (non-hydrogen) atoms. The summed E-state index contributed by atoms with van der Waals surface area (Å²) in [4.78, 5) is 26.2. The summed E-state index contributed by atoms with van der Waals surface area (Å²) in [6, 6.07) is 8.35. The van der Waals surface area contributed by atoms with E-state index in [0.29, 0.717) is 12.5 Å². The fourth-order valence-electron chi connectivity index (χ4n) is 3.64. The first-order chi connectivity index (χ1) is 11.5. The van der Waals surface area contributed by atoms with Crippen LogP contribution < -0.4 is 10.6 Å². The summed E-state index contributed by atoms with van der Waals surface area (Å²) in [5, 5.41) is 6.53. The van der Waals surface area contributed by atoms with Crippen LogP contribution in [0.4, 0.5) is 0 Å². The van der Waals surface area contributed by atoms with Gasteiger partial charge in [0.05, 0.1) is 12.5 Å². The summed E-state index contributed by atoms with van der Waals surface area (Å²) in [5.74, 6) is -0.0375. The van der Waals surface area contributed by atoms with Crippen molar-refractivity contribution in [1.82, 2.24) is 15.5 Å². The highest BCUT2D eigenvalue weighted by Gasteiger charge is 2.29. The van der Waals surface area contributed by atoms with Crippen molar-refractivity contribution < 1.29 is 9.59 Å². The van der Waals surface area contributed by atoms with E-state index in [0.717, 1.165) is 30.5 Å². The molecule has 1 saturated heterocycles. The van der Waals surface area contributed by atoms with Crippen LogP contribution in [0.5, 0.6) is 0 Å². The minimum absolute atomic E-state index is 0.00968. The van der Waals surface area contributed by atoms with Crippen molar-refractivity contribution in [3.8, 4) is 0 Å². The molecule has 5 nitrogen and oxygen atoms in total. The Morgan fingerprint density at radius 2 is 2.12 bits per heavy atom. The summed E-state index contributed by atoms with van der Waals surface area (Å²) < 4.78 is 0. The van der Waals surface area contributed by atoms with Gasteiger partial charge in [-0.05, 0) is 43.5 Å². The number of rotatable bonds is 3. The number of nitrogens with zero attached hydrogens (tertiary/aromatic N) is 1. The smallest absolute Gasteiger partial charge is 0.223 e. The molecule has 0 aliphatic carbocycles. The van der Waals surface area contributed by atoms with Crippen LogP contribution in [0.1, 0.15) is 50.3 Å². The minimum Gasteiger partial charge on any atom is -0.353 e. The van der Waals surface area contributed by atoms with Gasteiger partial charge in [-0.2, -0.15) is 0 Å². The molecular weight excluding hydrogens is 302 g/mol. The van der Waals surface area contributed by atoms with Gasteiger partial charge in [0.15, 0.2) is 0 Å². The van der Waals surface area contributed by atoms with Crippen LogP contribution in [0.15, 0.2) is 30.5 Å². The molecule has 0 radical (unpaired) electrons. The molecule has 1 fully saturated rings. The van der Waals surface area contributed by atoms with Crippen molar-refractivity contribution in [2.75, 3.05) is 6.54 Å². The SMILES string of the molecule is CC(=O)N1C=Cc2ccccc2C1CC(=O)NC1CCNC(C)C1. The van der Waals surface area contributed by atoms with Gasteiger partial charge in [0.25, 0.3) is 0 Å². The van der Waals surface area contributed by atoms with Gasteiger partial charge in [-0.25, -0.2) is 0 Å². The van der Waals surface area contributed by atoms with E-state index in [4.69, 9.17) is 0 Å². The standard InChI is InChI=1S/C19H25N3O2/c1-13-11-16(7-9-20-13)21-19(24)12-18-17-6-4-3-5-15(17)8-10-22(18)14(2)23/h3-6,8,10,13,16,18,20H,7,9,11-12H2,1-2H3,(H,21,24). The third-order valence-corrected chi connectivity index (χ3v) is 4.84. The lowest BCUT2D eigenvalue weighted by Crippen LogP contribution is -2.47. The number of amides is 2. The fourth-order valence-corrected chi connectivity index (χ4v) is 3.64. The lowest BCUT2D eigenvalue weighted by molar-refractivity contribution is -0.130. The second kappa shape index (κ2) is 7.18. The Hall–Kier alpha value is -2.14. The van der Waals surface area contributed by atoms with E-state index < -0.39 is 0 Å². The lowest BCUT2D eigenvalue weighted by Gasteiger charge is -2.33. The Kier molecular flexibility index (Phi) is 5.00. The van der Waals surface area contributed by atoms with Crippen molar-refractivity contribution >= 4 is 17.9 Å². The van der Waals surface area contributed by atoms with Crippen molar-refractivity contribution in [3.63, 3.8) is 0 Å². The second-order valence-electron chi connectivity index (χ2n) is 6.73. The van der Waals surface area contributed by atoms with Gasteiger partial charge >= 0.3 is 0 Å². The summed E-state index contributed by atoms with van der Waals surface area (Å²) >= 11 is 0. The zero-order valence-electron chi connectivity index (χ0n) is 14.3. The van der Waals surface area contributed by atoms with Gasteiger partial charge < -0.3 is 15.5 Å². The molecule has 0 saturated carbocycles. The van der Waals surface area contributed by atoms with E-state index in [1.54, 1.807) is 11.1 Å². The monoisotopic (exact) mass is 327 g/mol. The number of carbonyl (C=O) groups excluding carboxylic acids is 2. The highest BCUT2D eigenvalue weighted by molar-refractivity contribution is 5.82. The van der Waals surface area contributed by atoms with E-state index >= 15 is 0 Å². The van der Waals surface area contributed by atoms with E-state index in [-0.39, 0.29) is 23.9 Å². The van der Waals surface area contributed by atoms with Gasteiger partial charge in [0.1, 0.15) is 0 Å². The van der Waals surface area contributed by atoms with Crippen LogP contribution in [0.25, 0.3) is 6.08 Å². The van der Waals surface area contributed by atoms with Crippen LogP contribution in [0.3, 0.4) is 0 Å². The highest BCUT2D eigenvalue weighted by Crippen LogP contribution is 2.32. The quantitative estimate of drug-likeness (QED) is 0.895. The Morgan fingerprint density at radius 1 is 1.33 bits per heavy atom. The number of piperidine rings is 1. The number of fused-ring (bicyclic) bond motifs is 1. The molecule has 2 amide bonds. The van der Waals surface area contributed by atoms with Crippen LogP contribution in [-0.2, 0) is 9.59 Å². The van der Waals surface area contributed by atoms with Gasteiger partial charge in [0, 0.05) is 25.2 Å². The van der Waals surface area contributed by atoms with E-state index in [1.807, 2.05) is 30.3 Å². The van der Waals surface area contributed by atoms with Gasteiger partial charge in [-0.3, -0.25) is 9.59 Å². The summed E-state index contributed by atoms with van der Waals surface area (Å²) in [6.45, 7) is 4.61. The number of nitrogens with one attached hydrogen (secondary N) is 2. The molecule has 1 aromatic rings. The third kappa shape index (κ3) is 3.67. The molecule has 2 aliphatic heterocycles. The maximum Gasteiger partial charge on any atom is 0.223 e. The van der Waals surface area contributed by atoms with E-state index in [1.165, 1.54) is 6.92 Å². The van der Waals surface area contributed by atoms with Crippen LogP contribution in [-0.4, -0.2) is 35.3 Å². The Morgan fingerprint density at radius 3 is 2.88 bits per heavy atom. The minimum atomic E-state index is -0.233. The second-order valence-corrected chi connectivity index (χ2v) is 6.73. The van der Waals surface area contributed by atoms with Crippen molar-refractivity contribution in [2.45, 2.75) is 51.2 Å². The average Bonchev–Trinajstić information content (AvgIpc) is 2.54. The molecule has 0 bridgehead atoms. The zero-order valence-corrected chi connectivity index (χ0v) is 14.3. The Balaban J connectivity index is 1.72. The number of carbonyl (C=O) groups is 2. The molecule has 2 N–H and O–H groups in total. The molecule has 3 atom stereocenters. The predicted octanol–water partition coefficient (Wildman–Crippen LogP) is 2.21. The summed E-state index contributed by atoms with van der Waals surface area (Å²) in [7, 11) is 0. The van der Waals surface area contributed by atoms with Gasteiger partial charge in [-0.1, -0.05) is 24.3 Å². The third-order valence-electron chi connectivity index (χ3n) is 4.84. The number of hydrogen-bond donors (Lipinski definition) is 2. The first-order valence-corrected chi connectivity index (χ1v) is 8.63. The Bertz CT molecular complexity index is 656. The van der Waals surface area contributed by atoms with Crippen LogP contribution in [0.2, 0.25) is 0 Å². The number of hydrogen-bond acceptors (Lipinski definition) is 3. The van der Waals surface area contributed by atoms with Crippen molar-refractivity contribution in [2.24, 2.45) is 0 Å². The zero-order chi connectivity index (χ0) is 17.1. The molecule has 128 valence electrons. The first-order valence-electron chi connectivity index (χ1n) is 8.63. The van der Waals surface area contributed by atoms with Crippen LogP contribution in [0, 0.1) is 0 Å². The normalized spacial score (nSPS) is 25.9. The predicted molar refractivity (Wildman–Crippen MR) is 94.0 cm³/mol. The molecule has 3 unspecified atom stereocenters. The van der Waals surface area contributed by atoms with Crippen molar-refractivity contribution in [1.29, 1.82) is 0 Å². The average molecular weight is 327 g/mol. The molecular formula is C19H25N3O2. The highest BCUT2D eigenvalue weighted by atomic mass is 16.2. The largest absolute Gasteiger partial charge is 0.353 e.